The van der Waals surface area contributed by atoms with Gasteiger partial charge in [-0.3, -0.25) is 14.8 Å². The highest BCUT2D eigenvalue weighted by atomic mass is 16.2. The molecule has 0 atom stereocenters. The normalized spacial score (nSPS) is 10.3. The van der Waals surface area contributed by atoms with E-state index in [4.69, 9.17) is 5.84 Å². The number of carbonyl (C=O) groups excluding carboxylic acids is 1. The molecule has 14 heavy (non-hydrogen) atoms. The van der Waals surface area contributed by atoms with Gasteiger partial charge in [-0.15, -0.1) is 0 Å². The Balaban J connectivity index is 2.66. The Morgan fingerprint density at radius 2 is 2.07 bits per heavy atom. The molecule has 0 aromatic carbocycles. The number of nitrogens with zero attached hydrogens (tertiary/aromatic N) is 2. The summed E-state index contributed by atoms with van der Waals surface area (Å²) in [6, 6.07) is 3.31. The van der Waals surface area contributed by atoms with Crippen LogP contribution in [0.2, 0.25) is 0 Å². The van der Waals surface area contributed by atoms with Gasteiger partial charge >= 0.3 is 0 Å². The van der Waals surface area contributed by atoms with E-state index in [0.29, 0.717) is 18.0 Å². The average Bonchev–Trinajstić information content (AvgIpc) is 2.17. The molecule has 0 aliphatic rings. The van der Waals surface area contributed by atoms with E-state index in [1.807, 2.05) is 13.8 Å². The van der Waals surface area contributed by atoms with Crippen LogP contribution in [0.15, 0.2) is 24.5 Å². The molecule has 1 aromatic rings. The Morgan fingerprint density at radius 3 is 2.57 bits per heavy atom. The third-order valence-electron chi connectivity index (χ3n) is 1.75. The largest absolute Gasteiger partial charge is 0.276 e. The van der Waals surface area contributed by atoms with Crippen molar-refractivity contribution in [1.82, 2.24) is 9.99 Å². The van der Waals surface area contributed by atoms with E-state index in [0.717, 1.165) is 0 Å². The van der Waals surface area contributed by atoms with Gasteiger partial charge in [-0.1, -0.05) is 13.8 Å². The van der Waals surface area contributed by atoms with Crippen molar-refractivity contribution in [1.29, 1.82) is 0 Å². The standard InChI is InChI=1S/C10H15N3O/c1-8(2)7-13(11)10(14)9-3-5-12-6-4-9/h3-6,8H,7,11H2,1-2H3. The highest BCUT2D eigenvalue weighted by molar-refractivity contribution is 5.93. The number of rotatable bonds is 3. The average molecular weight is 193 g/mol. The van der Waals surface area contributed by atoms with Gasteiger partial charge in [-0.2, -0.15) is 0 Å². The maximum atomic E-state index is 11.7. The second-order valence-electron chi connectivity index (χ2n) is 3.59. The second kappa shape index (κ2) is 4.72. The molecule has 1 aromatic heterocycles. The fourth-order valence-electron chi connectivity index (χ4n) is 1.14. The van der Waals surface area contributed by atoms with Gasteiger partial charge in [-0.05, 0) is 18.1 Å². The van der Waals surface area contributed by atoms with Gasteiger partial charge in [0, 0.05) is 24.5 Å². The van der Waals surface area contributed by atoms with E-state index >= 15 is 0 Å². The number of hydrogen-bond donors (Lipinski definition) is 1. The summed E-state index contributed by atoms with van der Waals surface area (Å²) in [5.74, 6) is 5.81. The van der Waals surface area contributed by atoms with Crippen LogP contribution in [0.25, 0.3) is 0 Å². The third-order valence-corrected chi connectivity index (χ3v) is 1.75. The lowest BCUT2D eigenvalue weighted by Crippen LogP contribution is -2.39. The molecule has 0 saturated carbocycles. The molecule has 0 aliphatic heterocycles. The monoisotopic (exact) mass is 193 g/mol. The quantitative estimate of drug-likeness (QED) is 0.443. The first-order valence-corrected chi connectivity index (χ1v) is 4.58. The van der Waals surface area contributed by atoms with Crippen LogP contribution in [0.5, 0.6) is 0 Å². The number of amides is 1. The molecule has 0 fully saturated rings. The molecular weight excluding hydrogens is 178 g/mol. The Morgan fingerprint density at radius 1 is 1.50 bits per heavy atom. The fourth-order valence-corrected chi connectivity index (χ4v) is 1.14. The van der Waals surface area contributed by atoms with Gasteiger partial charge in [0.15, 0.2) is 0 Å². The smallest absolute Gasteiger partial charge is 0.267 e. The van der Waals surface area contributed by atoms with Crippen molar-refractivity contribution < 1.29 is 4.79 Å². The lowest BCUT2D eigenvalue weighted by atomic mass is 10.2. The highest BCUT2D eigenvalue weighted by Gasteiger charge is 2.12. The zero-order chi connectivity index (χ0) is 10.6. The van der Waals surface area contributed by atoms with Crippen molar-refractivity contribution in [3.63, 3.8) is 0 Å². The van der Waals surface area contributed by atoms with Crippen molar-refractivity contribution in [3.8, 4) is 0 Å². The molecule has 0 aliphatic carbocycles. The maximum absolute atomic E-state index is 11.7. The van der Waals surface area contributed by atoms with Crippen LogP contribution in [-0.2, 0) is 0 Å². The number of hydrogen-bond acceptors (Lipinski definition) is 3. The Hall–Kier alpha value is -1.42. The van der Waals surface area contributed by atoms with Gasteiger partial charge < -0.3 is 0 Å². The minimum absolute atomic E-state index is 0.166. The van der Waals surface area contributed by atoms with Gasteiger partial charge in [0.25, 0.3) is 5.91 Å². The molecule has 0 unspecified atom stereocenters. The zero-order valence-electron chi connectivity index (χ0n) is 8.47. The van der Waals surface area contributed by atoms with Crippen LogP contribution in [-0.4, -0.2) is 22.4 Å². The number of pyridine rings is 1. The molecule has 0 spiro atoms. The first kappa shape index (κ1) is 10.7. The molecule has 2 N–H and O–H groups in total. The van der Waals surface area contributed by atoms with E-state index in [1.165, 1.54) is 5.01 Å². The Kier molecular flexibility index (Phi) is 3.59. The lowest BCUT2D eigenvalue weighted by molar-refractivity contribution is 0.0736. The maximum Gasteiger partial charge on any atom is 0.267 e. The molecule has 0 saturated heterocycles. The summed E-state index contributed by atoms with van der Waals surface area (Å²) in [5.41, 5.74) is 0.572. The van der Waals surface area contributed by atoms with E-state index in [2.05, 4.69) is 4.98 Å². The molecule has 0 radical (unpaired) electrons. The SMILES string of the molecule is CC(C)CN(N)C(=O)c1ccncc1. The van der Waals surface area contributed by atoms with Crippen molar-refractivity contribution >= 4 is 5.91 Å². The van der Waals surface area contributed by atoms with Crippen LogP contribution in [0.1, 0.15) is 24.2 Å². The summed E-state index contributed by atoms with van der Waals surface area (Å²) in [4.78, 5) is 15.5. The predicted molar refractivity (Wildman–Crippen MR) is 54.3 cm³/mol. The van der Waals surface area contributed by atoms with Gasteiger partial charge in [0.1, 0.15) is 0 Å². The summed E-state index contributed by atoms with van der Waals surface area (Å²) in [6.07, 6.45) is 3.16. The molecule has 0 bridgehead atoms. The van der Waals surface area contributed by atoms with Gasteiger partial charge in [0.05, 0.1) is 0 Å². The predicted octanol–water partition coefficient (Wildman–Crippen LogP) is 1.05. The molecule has 4 nitrogen and oxygen atoms in total. The zero-order valence-corrected chi connectivity index (χ0v) is 8.47. The molecule has 1 rings (SSSR count). The van der Waals surface area contributed by atoms with Crippen molar-refractivity contribution in [3.05, 3.63) is 30.1 Å². The third kappa shape index (κ3) is 2.81. The van der Waals surface area contributed by atoms with Crippen molar-refractivity contribution in [2.75, 3.05) is 6.54 Å². The minimum Gasteiger partial charge on any atom is -0.276 e. The molecule has 1 amide bonds. The fraction of sp³-hybridized carbons (Fsp3) is 0.400. The van der Waals surface area contributed by atoms with E-state index in [9.17, 15) is 4.79 Å². The van der Waals surface area contributed by atoms with Crippen molar-refractivity contribution in [2.24, 2.45) is 11.8 Å². The topological polar surface area (TPSA) is 59.2 Å². The minimum atomic E-state index is -0.166. The van der Waals surface area contributed by atoms with Crippen LogP contribution in [0.3, 0.4) is 0 Å². The summed E-state index contributed by atoms with van der Waals surface area (Å²) in [5, 5.41) is 1.24. The molecule has 76 valence electrons. The summed E-state index contributed by atoms with van der Waals surface area (Å²) < 4.78 is 0. The van der Waals surface area contributed by atoms with Crippen LogP contribution >= 0.6 is 0 Å². The molecule has 4 heteroatoms. The number of hydrazine groups is 1. The summed E-state index contributed by atoms with van der Waals surface area (Å²) in [6.45, 7) is 4.58. The number of nitrogens with two attached hydrogens (primary N) is 1. The van der Waals surface area contributed by atoms with Crippen molar-refractivity contribution in [2.45, 2.75) is 13.8 Å². The first-order chi connectivity index (χ1) is 6.61. The molecular formula is C10H15N3O. The lowest BCUT2D eigenvalue weighted by Gasteiger charge is -2.18. The van der Waals surface area contributed by atoms with E-state index in [-0.39, 0.29) is 5.91 Å². The number of aromatic nitrogens is 1. The Labute approximate surface area is 83.7 Å². The van der Waals surface area contributed by atoms with Crippen LogP contribution < -0.4 is 5.84 Å². The molecule has 1 heterocycles. The van der Waals surface area contributed by atoms with Crippen LogP contribution in [0, 0.1) is 5.92 Å². The van der Waals surface area contributed by atoms with E-state index < -0.39 is 0 Å². The summed E-state index contributed by atoms with van der Waals surface area (Å²) >= 11 is 0. The number of carbonyl (C=O) groups is 1. The Bertz CT molecular complexity index is 297. The van der Waals surface area contributed by atoms with Gasteiger partial charge in [-0.25, -0.2) is 5.84 Å². The second-order valence-corrected chi connectivity index (χ2v) is 3.59. The van der Waals surface area contributed by atoms with Gasteiger partial charge in [0.2, 0.25) is 0 Å². The van der Waals surface area contributed by atoms with E-state index in [1.54, 1.807) is 24.5 Å². The summed E-state index contributed by atoms with van der Waals surface area (Å²) in [7, 11) is 0. The highest BCUT2D eigenvalue weighted by Crippen LogP contribution is 2.02. The van der Waals surface area contributed by atoms with Crippen LogP contribution in [0.4, 0.5) is 0 Å². The first-order valence-electron chi connectivity index (χ1n) is 4.58.